The number of anilines is 1. The Balaban J connectivity index is 2.83. The third kappa shape index (κ3) is 4.72. The molecule has 0 atom stereocenters. The molecule has 0 aromatic heterocycles. The lowest BCUT2D eigenvalue weighted by Crippen LogP contribution is -2.20. The van der Waals surface area contributed by atoms with Gasteiger partial charge in [0.1, 0.15) is 10.6 Å². The minimum absolute atomic E-state index is 0.0829. The number of hydrogen-bond donors (Lipinski definition) is 2. The van der Waals surface area contributed by atoms with E-state index >= 15 is 0 Å². The van der Waals surface area contributed by atoms with Crippen LogP contribution in [0.4, 0.5) is 5.69 Å². The quantitative estimate of drug-likeness (QED) is 0.593. The van der Waals surface area contributed by atoms with Crippen LogP contribution in [0.3, 0.4) is 0 Å². The van der Waals surface area contributed by atoms with E-state index in [1.807, 2.05) is 0 Å². The number of sulfonamides is 1. The van der Waals surface area contributed by atoms with Crippen molar-refractivity contribution in [2.24, 2.45) is 5.92 Å². The molecule has 1 rings (SSSR count). The largest absolute Gasteiger partial charge is 0.492 e. The molecule has 6 heteroatoms. The summed E-state index contributed by atoms with van der Waals surface area (Å²) in [5, 5.41) is 0. The van der Waals surface area contributed by atoms with Gasteiger partial charge in [0, 0.05) is 5.69 Å². The Morgan fingerprint density at radius 3 is 2.63 bits per heavy atom. The highest BCUT2D eigenvalue weighted by atomic mass is 32.2. The summed E-state index contributed by atoms with van der Waals surface area (Å²) in [6.07, 6.45) is 1.93. The molecule has 0 amide bonds. The van der Waals surface area contributed by atoms with Gasteiger partial charge < -0.3 is 10.5 Å². The van der Waals surface area contributed by atoms with Crippen LogP contribution in [0.5, 0.6) is 5.75 Å². The van der Waals surface area contributed by atoms with Crippen molar-refractivity contribution in [1.29, 1.82) is 0 Å². The summed E-state index contributed by atoms with van der Waals surface area (Å²) in [4.78, 5) is 0.0829. The van der Waals surface area contributed by atoms with Crippen LogP contribution in [0, 0.1) is 5.92 Å². The maximum absolute atomic E-state index is 11.9. The molecule has 0 aliphatic rings. The zero-order chi connectivity index (χ0) is 14.5. The first-order valence-electron chi connectivity index (χ1n) is 6.32. The van der Waals surface area contributed by atoms with Crippen LogP contribution in [0.1, 0.15) is 26.7 Å². The molecule has 0 aliphatic heterocycles. The first-order valence-corrected chi connectivity index (χ1v) is 7.81. The van der Waals surface area contributed by atoms with Crippen molar-refractivity contribution in [1.82, 2.24) is 4.72 Å². The fourth-order valence-corrected chi connectivity index (χ4v) is 2.54. The Bertz CT molecular complexity index is 513. The van der Waals surface area contributed by atoms with Crippen molar-refractivity contribution in [3.05, 3.63) is 18.2 Å². The van der Waals surface area contributed by atoms with Crippen LogP contribution in [0.25, 0.3) is 0 Å². The minimum Gasteiger partial charge on any atom is -0.492 e. The van der Waals surface area contributed by atoms with Gasteiger partial charge in [0.05, 0.1) is 6.61 Å². The Labute approximate surface area is 115 Å². The van der Waals surface area contributed by atoms with Gasteiger partial charge in [0.25, 0.3) is 0 Å². The van der Waals surface area contributed by atoms with Crippen molar-refractivity contribution in [3.63, 3.8) is 0 Å². The summed E-state index contributed by atoms with van der Waals surface area (Å²) in [6, 6.07) is 4.63. The second-order valence-corrected chi connectivity index (χ2v) is 6.65. The van der Waals surface area contributed by atoms with E-state index in [9.17, 15) is 8.42 Å². The number of nitrogens with one attached hydrogen (secondary N) is 1. The van der Waals surface area contributed by atoms with Gasteiger partial charge in [-0.05, 0) is 44.0 Å². The lowest BCUT2D eigenvalue weighted by atomic mass is 10.1. The van der Waals surface area contributed by atoms with Crippen LogP contribution in [0.15, 0.2) is 23.1 Å². The molecule has 1 aromatic rings. The molecule has 0 radical (unpaired) electrons. The normalized spacial score (nSPS) is 11.8. The summed E-state index contributed by atoms with van der Waals surface area (Å²) >= 11 is 0. The number of nitrogen functional groups attached to an aromatic ring is 1. The minimum atomic E-state index is -3.56. The van der Waals surface area contributed by atoms with Gasteiger partial charge in [-0.1, -0.05) is 13.8 Å². The zero-order valence-electron chi connectivity index (χ0n) is 11.6. The van der Waals surface area contributed by atoms with Crippen LogP contribution < -0.4 is 15.2 Å². The SMILES string of the molecule is CNS(=O)(=O)c1cc(N)ccc1OCCCC(C)C. The van der Waals surface area contributed by atoms with Crippen LogP contribution in [0.2, 0.25) is 0 Å². The number of nitrogens with two attached hydrogens (primary N) is 1. The van der Waals surface area contributed by atoms with Crippen molar-refractivity contribution in [2.75, 3.05) is 19.4 Å². The predicted octanol–water partition coefficient (Wildman–Crippen LogP) is 1.99. The highest BCUT2D eigenvalue weighted by Crippen LogP contribution is 2.26. The van der Waals surface area contributed by atoms with Gasteiger partial charge in [-0.25, -0.2) is 13.1 Å². The fourth-order valence-electron chi connectivity index (χ4n) is 1.64. The van der Waals surface area contributed by atoms with Crippen LogP contribution >= 0.6 is 0 Å². The molecule has 0 saturated heterocycles. The lowest BCUT2D eigenvalue weighted by Gasteiger charge is -2.12. The Hall–Kier alpha value is -1.27. The molecule has 0 spiro atoms. The summed E-state index contributed by atoms with van der Waals surface area (Å²) in [6.45, 7) is 4.77. The molecule has 0 aliphatic carbocycles. The zero-order valence-corrected chi connectivity index (χ0v) is 12.5. The molecule has 19 heavy (non-hydrogen) atoms. The highest BCUT2D eigenvalue weighted by molar-refractivity contribution is 7.89. The topological polar surface area (TPSA) is 81.4 Å². The lowest BCUT2D eigenvalue weighted by molar-refractivity contribution is 0.290. The number of rotatable bonds is 7. The highest BCUT2D eigenvalue weighted by Gasteiger charge is 2.18. The molecule has 0 fully saturated rings. The Kier molecular flexibility index (Phi) is 5.62. The van der Waals surface area contributed by atoms with E-state index in [2.05, 4.69) is 18.6 Å². The van der Waals surface area contributed by atoms with Gasteiger partial charge in [-0.2, -0.15) is 0 Å². The van der Waals surface area contributed by atoms with E-state index in [1.165, 1.54) is 13.1 Å². The fraction of sp³-hybridized carbons (Fsp3) is 0.538. The van der Waals surface area contributed by atoms with Gasteiger partial charge in [-0.3, -0.25) is 0 Å². The monoisotopic (exact) mass is 286 g/mol. The Morgan fingerprint density at radius 2 is 2.05 bits per heavy atom. The Morgan fingerprint density at radius 1 is 1.37 bits per heavy atom. The molecule has 0 saturated carbocycles. The second-order valence-electron chi connectivity index (χ2n) is 4.80. The smallest absolute Gasteiger partial charge is 0.244 e. The molecule has 1 aromatic carbocycles. The van der Waals surface area contributed by atoms with Crippen molar-refractivity contribution in [3.8, 4) is 5.75 Å². The van der Waals surface area contributed by atoms with E-state index in [0.29, 0.717) is 24.0 Å². The molecule has 108 valence electrons. The summed E-state index contributed by atoms with van der Waals surface area (Å²) < 4.78 is 31.6. The maximum Gasteiger partial charge on any atom is 0.244 e. The van der Waals surface area contributed by atoms with Crippen molar-refractivity contribution in [2.45, 2.75) is 31.6 Å². The average molecular weight is 286 g/mol. The molecular weight excluding hydrogens is 264 g/mol. The average Bonchev–Trinajstić information content (AvgIpc) is 2.35. The first kappa shape index (κ1) is 15.8. The van der Waals surface area contributed by atoms with E-state index in [-0.39, 0.29) is 4.90 Å². The maximum atomic E-state index is 11.9. The summed E-state index contributed by atoms with van der Waals surface area (Å²) in [5.74, 6) is 0.947. The number of hydrogen-bond acceptors (Lipinski definition) is 4. The third-order valence-corrected chi connectivity index (χ3v) is 4.14. The van der Waals surface area contributed by atoms with Gasteiger partial charge >= 0.3 is 0 Å². The summed E-state index contributed by atoms with van der Waals surface area (Å²) in [5.41, 5.74) is 6.02. The molecular formula is C13H22N2O3S. The number of ether oxygens (including phenoxy) is 1. The first-order chi connectivity index (χ1) is 8.86. The van der Waals surface area contributed by atoms with Crippen LogP contribution in [-0.4, -0.2) is 22.1 Å². The van der Waals surface area contributed by atoms with E-state index in [1.54, 1.807) is 12.1 Å². The standard InChI is InChI=1S/C13H22N2O3S/c1-10(2)5-4-8-18-12-7-6-11(14)9-13(12)19(16,17)15-3/h6-7,9-10,15H,4-5,8,14H2,1-3H3. The molecule has 5 nitrogen and oxygen atoms in total. The van der Waals surface area contributed by atoms with Gasteiger partial charge in [0.15, 0.2) is 0 Å². The van der Waals surface area contributed by atoms with Gasteiger partial charge in [-0.15, -0.1) is 0 Å². The number of benzene rings is 1. The van der Waals surface area contributed by atoms with E-state index in [4.69, 9.17) is 10.5 Å². The predicted molar refractivity (Wildman–Crippen MR) is 76.7 cm³/mol. The van der Waals surface area contributed by atoms with Crippen molar-refractivity contribution >= 4 is 15.7 Å². The third-order valence-electron chi connectivity index (χ3n) is 2.71. The van der Waals surface area contributed by atoms with E-state index in [0.717, 1.165) is 12.8 Å². The molecule has 0 bridgehead atoms. The van der Waals surface area contributed by atoms with Crippen LogP contribution in [-0.2, 0) is 10.0 Å². The molecule has 0 unspecified atom stereocenters. The van der Waals surface area contributed by atoms with Crippen molar-refractivity contribution < 1.29 is 13.2 Å². The second kappa shape index (κ2) is 6.77. The molecule has 3 N–H and O–H groups in total. The van der Waals surface area contributed by atoms with Gasteiger partial charge in [0.2, 0.25) is 10.0 Å². The van der Waals surface area contributed by atoms with E-state index < -0.39 is 10.0 Å². The summed E-state index contributed by atoms with van der Waals surface area (Å²) in [7, 11) is -2.20. The molecule has 0 heterocycles.